The number of carbonyl (C=O) groups is 1. The van der Waals surface area contributed by atoms with Crippen LogP contribution in [0.2, 0.25) is 10.0 Å². The van der Waals surface area contributed by atoms with Gasteiger partial charge in [-0.15, -0.1) is 5.10 Å². The molecule has 6 atom stereocenters. The summed E-state index contributed by atoms with van der Waals surface area (Å²) in [5, 5.41) is 13.6. The number of ether oxygens (including phenoxy) is 1. The Morgan fingerprint density at radius 3 is 2.40 bits per heavy atom. The summed E-state index contributed by atoms with van der Waals surface area (Å²) >= 11 is 12.5. The summed E-state index contributed by atoms with van der Waals surface area (Å²) in [4.78, 5) is 19.9. The van der Waals surface area contributed by atoms with Gasteiger partial charge in [0.2, 0.25) is 5.88 Å². The molecule has 1 amide bonds. The van der Waals surface area contributed by atoms with Gasteiger partial charge in [-0.1, -0.05) is 82.7 Å². The first-order chi connectivity index (χ1) is 21.5. The molecule has 45 heavy (non-hydrogen) atoms. The fraction of sp³-hybridized carbons (Fsp3) is 0.639. The maximum Gasteiger partial charge on any atom is 0.273 e. The van der Waals surface area contributed by atoms with E-state index in [2.05, 4.69) is 57.1 Å². The highest BCUT2D eigenvalue weighted by molar-refractivity contribution is 6.45. The third-order valence-corrected chi connectivity index (χ3v) is 10.3. The lowest BCUT2D eigenvalue weighted by Gasteiger charge is -2.40. The molecule has 1 N–H and O–H groups in total. The lowest BCUT2D eigenvalue weighted by atomic mass is 9.66. The quantitative estimate of drug-likeness (QED) is 0.182. The van der Waals surface area contributed by atoms with Crippen molar-refractivity contribution in [3.63, 3.8) is 0 Å². The van der Waals surface area contributed by atoms with Crippen LogP contribution in [0, 0.1) is 41.4 Å². The molecule has 2 aromatic rings. The van der Waals surface area contributed by atoms with Crippen molar-refractivity contribution >= 4 is 34.8 Å². The Labute approximate surface area is 280 Å². The lowest BCUT2D eigenvalue weighted by molar-refractivity contribution is -0.116. The summed E-state index contributed by atoms with van der Waals surface area (Å²) in [6.07, 6.45) is 10.4. The number of nitrogens with zero attached hydrogens (tertiary/aromatic N) is 3. The fourth-order valence-electron chi connectivity index (χ4n) is 7.35. The average Bonchev–Trinajstić information content (AvgIpc) is 3.44. The van der Waals surface area contributed by atoms with E-state index in [4.69, 9.17) is 32.8 Å². The number of carbonyl (C=O) groups excluding carboxylic acids is 1. The van der Waals surface area contributed by atoms with Gasteiger partial charge in [-0.2, -0.15) is 0 Å². The number of hydrogen-bond acceptors (Lipinski definition) is 5. The Balaban J connectivity index is 1.64. The Hall–Kier alpha value is -2.51. The van der Waals surface area contributed by atoms with Crippen LogP contribution < -0.4 is 10.1 Å². The number of oxime groups is 1. The van der Waals surface area contributed by atoms with Crippen LogP contribution in [0.3, 0.4) is 0 Å². The first kappa shape index (κ1) is 35.3. The van der Waals surface area contributed by atoms with Gasteiger partial charge in [0.25, 0.3) is 5.91 Å². The van der Waals surface area contributed by atoms with Crippen molar-refractivity contribution < 1.29 is 14.4 Å². The Kier molecular flexibility index (Phi) is 12.8. The second kappa shape index (κ2) is 16.4. The van der Waals surface area contributed by atoms with Crippen LogP contribution in [0.4, 0.5) is 0 Å². The number of hydrogen-bond donors (Lipinski definition) is 1. The smallest absolute Gasteiger partial charge is 0.273 e. The molecule has 2 fully saturated rings. The van der Waals surface area contributed by atoms with Gasteiger partial charge >= 0.3 is 0 Å². The summed E-state index contributed by atoms with van der Waals surface area (Å²) in [5.41, 5.74) is 2.00. The van der Waals surface area contributed by atoms with Gasteiger partial charge in [0, 0.05) is 23.3 Å². The lowest BCUT2D eigenvalue weighted by Crippen LogP contribution is -2.49. The molecule has 7 nitrogen and oxygen atoms in total. The van der Waals surface area contributed by atoms with Crippen LogP contribution in [0.5, 0.6) is 5.88 Å². The zero-order valence-corrected chi connectivity index (χ0v) is 29.6. The van der Waals surface area contributed by atoms with Gasteiger partial charge in [0.1, 0.15) is 13.2 Å². The van der Waals surface area contributed by atoms with E-state index in [1.165, 1.54) is 12.8 Å². The highest BCUT2D eigenvalue weighted by Crippen LogP contribution is 2.42. The van der Waals surface area contributed by atoms with E-state index in [-0.39, 0.29) is 24.5 Å². The molecule has 2 aliphatic carbocycles. The largest absolute Gasteiger partial charge is 0.472 e. The molecular formula is C36H52Cl2N4O3. The monoisotopic (exact) mass is 658 g/mol. The van der Waals surface area contributed by atoms with Crippen molar-refractivity contribution in [3.05, 3.63) is 52.2 Å². The van der Waals surface area contributed by atoms with Crippen LogP contribution in [-0.4, -0.2) is 40.7 Å². The highest BCUT2D eigenvalue weighted by Gasteiger charge is 2.38. The van der Waals surface area contributed by atoms with E-state index in [1.807, 2.05) is 19.1 Å². The fourth-order valence-corrected chi connectivity index (χ4v) is 7.84. The Morgan fingerprint density at radius 1 is 1.04 bits per heavy atom. The summed E-state index contributed by atoms with van der Waals surface area (Å²) < 4.78 is 7.83. The van der Waals surface area contributed by atoms with Crippen LogP contribution in [-0.2, 0) is 9.63 Å². The number of benzene rings is 1. The maximum absolute atomic E-state index is 14.2. The summed E-state index contributed by atoms with van der Waals surface area (Å²) in [5.74, 6) is 3.42. The van der Waals surface area contributed by atoms with E-state index in [0.29, 0.717) is 69.4 Å². The molecule has 1 aromatic carbocycles. The average molecular weight is 660 g/mol. The topological polar surface area (TPSA) is 77.7 Å². The third-order valence-electron chi connectivity index (χ3n) is 9.79. The van der Waals surface area contributed by atoms with E-state index in [1.54, 1.807) is 29.1 Å². The SMILES string of the molecule is CCO/N=C(C(=O)NC1CC(C)CCC1C(C)C)\C(=C/COc1ccn(-c2ccc(Cl)cc2Cl)n1)C1CC(C)CCC1C(C)C. The van der Waals surface area contributed by atoms with E-state index in [0.717, 1.165) is 31.3 Å². The van der Waals surface area contributed by atoms with Crippen molar-refractivity contribution in [1.29, 1.82) is 0 Å². The number of nitrogens with one attached hydrogen (secondary N) is 1. The van der Waals surface area contributed by atoms with E-state index >= 15 is 0 Å². The van der Waals surface area contributed by atoms with Gasteiger partial charge in [-0.05, 0) is 104 Å². The van der Waals surface area contributed by atoms with Gasteiger partial charge in [-0.3, -0.25) is 4.79 Å². The minimum absolute atomic E-state index is 0.111. The first-order valence-corrected chi connectivity index (χ1v) is 17.6. The number of aromatic nitrogens is 2. The van der Waals surface area contributed by atoms with E-state index < -0.39 is 0 Å². The predicted molar refractivity (Wildman–Crippen MR) is 184 cm³/mol. The van der Waals surface area contributed by atoms with E-state index in [9.17, 15) is 4.79 Å². The van der Waals surface area contributed by atoms with Gasteiger partial charge in [0.05, 0.1) is 10.7 Å². The minimum atomic E-state index is -0.151. The molecule has 248 valence electrons. The Bertz CT molecular complexity index is 1340. The minimum Gasteiger partial charge on any atom is -0.472 e. The molecule has 0 bridgehead atoms. The van der Waals surface area contributed by atoms with Crippen LogP contribution in [0.25, 0.3) is 5.69 Å². The van der Waals surface area contributed by atoms with Gasteiger partial charge in [-0.25, -0.2) is 4.68 Å². The van der Waals surface area contributed by atoms with Crippen molar-refractivity contribution in [2.24, 2.45) is 46.6 Å². The number of amides is 1. The summed E-state index contributed by atoms with van der Waals surface area (Å²) in [7, 11) is 0. The van der Waals surface area contributed by atoms with Crippen molar-refractivity contribution in [3.8, 4) is 11.6 Å². The number of halogens is 2. The zero-order chi connectivity index (χ0) is 32.7. The normalized spacial score (nSPS) is 26.3. The predicted octanol–water partition coefficient (Wildman–Crippen LogP) is 9.16. The molecule has 1 heterocycles. The molecule has 2 saturated carbocycles. The first-order valence-electron chi connectivity index (χ1n) is 16.8. The van der Waals surface area contributed by atoms with Crippen LogP contribution in [0.1, 0.15) is 87.0 Å². The molecule has 2 aliphatic rings. The van der Waals surface area contributed by atoms with Crippen molar-refractivity contribution in [2.45, 2.75) is 93.0 Å². The van der Waals surface area contributed by atoms with Crippen LogP contribution in [0.15, 0.2) is 47.3 Å². The molecule has 6 unspecified atom stereocenters. The van der Waals surface area contributed by atoms with Crippen molar-refractivity contribution in [1.82, 2.24) is 15.1 Å². The second-order valence-corrected chi connectivity index (χ2v) is 14.7. The molecule has 0 saturated heterocycles. The molecule has 0 radical (unpaired) electrons. The zero-order valence-electron chi connectivity index (χ0n) is 28.1. The highest BCUT2D eigenvalue weighted by atomic mass is 35.5. The van der Waals surface area contributed by atoms with Crippen molar-refractivity contribution in [2.75, 3.05) is 13.2 Å². The third kappa shape index (κ3) is 9.28. The Morgan fingerprint density at radius 2 is 1.73 bits per heavy atom. The van der Waals surface area contributed by atoms with Crippen LogP contribution >= 0.6 is 23.2 Å². The summed E-state index contributed by atoms with van der Waals surface area (Å²) in [6, 6.07) is 7.20. The standard InChI is InChI=1S/C36H52Cl2N4O3/c1-8-45-41-35(36(43)39-32-20-25(7)10-13-28(32)23(4)5)29(30-19-24(6)9-12-27(30)22(2)3)16-18-44-34-15-17-42(40-34)33-14-11-26(37)21-31(33)38/h11,14-17,21-25,27-28,30,32H,8-10,12-13,18-20H2,1-7H3,(H,39,43)/b29-16-,41-35+. The maximum atomic E-state index is 14.2. The van der Waals surface area contributed by atoms with Gasteiger partial charge < -0.3 is 14.9 Å². The molecule has 1 aromatic heterocycles. The second-order valence-electron chi connectivity index (χ2n) is 13.9. The summed E-state index contributed by atoms with van der Waals surface area (Å²) in [6.45, 7) is 16.2. The molecule has 9 heteroatoms. The van der Waals surface area contributed by atoms with Gasteiger partial charge in [0.15, 0.2) is 5.71 Å². The molecule has 0 aliphatic heterocycles. The number of rotatable bonds is 12. The molecule has 4 rings (SSSR count). The molecular weight excluding hydrogens is 607 g/mol. The molecule has 0 spiro atoms.